The molecule has 0 aromatic heterocycles. The van der Waals surface area contributed by atoms with Gasteiger partial charge in [0, 0.05) is 41.1 Å². The summed E-state index contributed by atoms with van der Waals surface area (Å²) in [4.78, 5) is 0. The topological polar surface area (TPSA) is 52.3 Å². The number of nitrogens with two attached hydrogens (primary N) is 1. The number of hydrogen-bond donors (Lipinski definition) is 1. The molecule has 2 atom stereocenters. The van der Waals surface area contributed by atoms with Gasteiger partial charge in [0.2, 0.25) is 0 Å². The maximum absolute atomic E-state index is 11.7. The van der Waals surface area contributed by atoms with Crippen LogP contribution in [0.5, 0.6) is 0 Å². The molecule has 0 spiro atoms. The SMILES string of the molecule is CCC(N)CS(=O)C1CCOCC1. The normalized spacial score (nSPS) is 24.2. The van der Waals surface area contributed by atoms with E-state index in [0.29, 0.717) is 11.0 Å². The second-order valence-electron chi connectivity index (χ2n) is 3.53. The van der Waals surface area contributed by atoms with Crippen molar-refractivity contribution < 1.29 is 8.95 Å². The molecule has 78 valence electrons. The van der Waals surface area contributed by atoms with E-state index >= 15 is 0 Å². The van der Waals surface area contributed by atoms with Gasteiger partial charge in [0.1, 0.15) is 0 Å². The Morgan fingerprint density at radius 1 is 1.54 bits per heavy atom. The first kappa shape index (κ1) is 11.1. The molecule has 2 unspecified atom stereocenters. The van der Waals surface area contributed by atoms with E-state index in [1.807, 2.05) is 6.92 Å². The van der Waals surface area contributed by atoms with Gasteiger partial charge in [-0.1, -0.05) is 6.92 Å². The molecule has 3 nitrogen and oxygen atoms in total. The van der Waals surface area contributed by atoms with E-state index in [4.69, 9.17) is 10.5 Å². The minimum absolute atomic E-state index is 0.101. The lowest BCUT2D eigenvalue weighted by atomic mass is 10.2. The molecule has 1 heterocycles. The van der Waals surface area contributed by atoms with Crippen molar-refractivity contribution in [3.63, 3.8) is 0 Å². The molecular formula is C9H19NO2S. The van der Waals surface area contributed by atoms with Crippen molar-refractivity contribution in [2.24, 2.45) is 5.73 Å². The van der Waals surface area contributed by atoms with Gasteiger partial charge in [0.15, 0.2) is 0 Å². The predicted octanol–water partition coefficient (Wildman–Crippen LogP) is 0.651. The highest BCUT2D eigenvalue weighted by atomic mass is 32.2. The van der Waals surface area contributed by atoms with Crippen LogP contribution >= 0.6 is 0 Å². The Labute approximate surface area is 82.5 Å². The van der Waals surface area contributed by atoms with Gasteiger partial charge in [-0.05, 0) is 19.3 Å². The highest BCUT2D eigenvalue weighted by Crippen LogP contribution is 2.14. The standard InChI is InChI=1S/C9H19NO2S/c1-2-8(10)7-13(11)9-3-5-12-6-4-9/h8-9H,2-7,10H2,1H3. The molecule has 2 N–H and O–H groups in total. The Bertz CT molecular complexity index is 169. The molecule has 4 heteroatoms. The predicted molar refractivity (Wildman–Crippen MR) is 55.1 cm³/mol. The molecule has 1 rings (SSSR count). The number of hydrogen-bond acceptors (Lipinski definition) is 3. The molecule has 1 aliphatic heterocycles. The van der Waals surface area contributed by atoms with Crippen LogP contribution in [0.25, 0.3) is 0 Å². The van der Waals surface area contributed by atoms with Crippen molar-refractivity contribution in [1.82, 2.24) is 0 Å². The minimum atomic E-state index is -0.741. The fourth-order valence-corrected chi connectivity index (χ4v) is 3.05. The Kier molecular flexibility index (Phi) is 4.91. The lowest BCUT2D eigenvalue weighted by Crippen LogP contribution is -2.33. The van der Waals surface area contributed by atoms with Crippen LogP contribution in [0.4, 0.5) is 0 Å². The van der Waals surface area contributed by atoms with E-state index in [-0.39, 0.29) is 6.04 Å². The summed E-state index contributed by atoms with van der Waals surface area (Å²) in [5.41, 5.74) is 5.76. The van der Waals surface area contributed by atoms with Gasteiger partial charge >= 0.3 is 0 Å². The van der Waals surface area contributed by atoms with Crippen LogP contribution in [0.15, 0.2) is 0 Å². The molecule has 0 amide bonds. The average Bonchev–Trinajstić information content (AvgIpc) is 2.19. The first-order valence-corrected chi connectivity index (χ1v) is 6.32. The largest absolute Gasteiger partial charge is 0.381 e. The average molecular weight is 205 g/mol. The molecule has 13 heavy (non-hydrogen) atoms. The van der Waals surface area contributed by atoms with E-state index in [9.17, 15) is 4.21 Å². The summed E-state index contributed by atoms with van der Waals surface area (Å²) in [6, 6.07) is 0.101. The van der Waals surface area contributed by atoms with Crippen molar-refractivity contribution in [3.05, 3.63) is 0 Å². The van der Waals surface area contributed by atoms with Gasteiger partial charge in [0.05, 0.1) is 0 Å². The van der Waals surface area contributed by atoms with Gasteiger partial charge in [-0.2, -0.15) is 0 Å². The van der Waals surface area contributed by atoms with Crippen molar-refractivity contribution in [2.45, 2.75) is 37.5 Å². The van der Waals surface area contributed by atoms with E-state index in [0.717, 1.165) is 32.5 Å². The van der Waals surface area contributed by atoms with E-state index < -0.39 is 10.8 Å². The maximum atomic E-state index is 11.7. The minimum Gasteiger partial charge on any atom is -0.381 e. The van der Waals surface area contributed by atoms with E-state index in [2.05, 4.69) is 0 Å². The van der Waals surface area contributed by atoms with E-state index in [1.165, 1.54) is 0 Å². The molecular weight excluding hydrogens is 186 g/mol. The summed E-state index contributed by atoms with van der Waals surface area (Å²) in [6.07, 6.45) is 2.78. The summed E-state index contributed by atoms with van der Waals surface area (Å²) in [5.74, 6) is 0.654. The molecule has 1 aliphatic rings. The molecule has 0 radical (unpaired) electrons. The van der Waals surface area contributed by atoms with Gasteiger partial charge in [-0.25, -0.2) is 0 Å². The summed E-state index contributed by atoms with van der Waals surface area (Å²) in [7, 11) is -0.741. The van der Waals surface area contributed by atoms with Crippen LogP contribution in [-0.2, 0) is 15.5 Å². The second kappa shape index (κ2) is 5.73. The molecule has 1 saturated heterocycles. The summed E-state index contributed by atoms with van der Waals surface area (Å²) < 4.78 is 17.0. The monoisotopic (exact) mass is 205 g/mol. The zero-order valence-electron chi connectivity index (χ0n) is 8.20. The summed E-state index contributed by atoms with van der Waals surface area (Å²) in [5, 5.41) is 0.325. The fraction of sp³-hybridized carbons (Fsp3) is 1.00. The van der Waals surface area contributed by atoms with Gasteiger partial charge < -0.3 is 10.5 Å². The third-order valence-electron chi connectivity index (χ3n) is 2.44. The van der Waals surface area contributed by atoms with Crippen LogP contribution in [-0.4, -0.2) is 34.5 Å². The summed E-state index contributed by atoms with van der Waals surface area (Å²) in [6.45, 7) is 3.56. The van der Waals surface area contributed by atoms with Crippen LogP contribution in [0.3, 0.4) is 0 Å². The quantitative estimate of drug-likeness (QED) is 0.733. The molecule has 0 aromatic carbocycles. The molecule has 1 fully saturated rings. The Balaban J connectivity index is 2.29. The molecule has 0 bridgehead atoms. The third-order valence-corrected chi connectivity index (χ3v) is 4.41. The van der Waals surface area contributed by atoms with Crippen LogP contribution < -0.4 is 5.73 Å². The van der Waals surface area contributed by atoms with Gasteiger partial charge in [-0.3, -0.25) is 4.21 Å². The molecule has 0 saturated carbocycles. The number of rotatable bonds is 4. The number of ether oxygens (including phenoxy) is 1. The van der Waals surface area contributed by atoms with Crippen LogP contribution in [0.1, 0.15) is 26.2 Å². The van der Waals surface area contributed by atoms with Crippen molar-refractivity contribution >= 4 is 10.8 Å². The Morgan fingerprint density at radius 3 is 2.69 bits per heavy atom. The Hall–Kier alpha value is 0.0700. The first-order chi connectivity index (χ1) is 6.24. The van der Waals surface area contributed by atoms with Crippen molar-refractivity contribution in [2.75, 3.05) is 19.0 Å². The first-order valence-electron chi connectivity index (χ1n) is 4.94. The summed E-state index contributed by atoms with van der Waals surface area (Å²) >= 11 is 0. The molecule has 0 aliphatic carbocycles. The Morgan fingerprint density at radius 2 is 2.15 bits per heavy atom. The maximum Gasteiger partial charge on any atom is 0.0477 e. The molecule has 0 aromatic rings. The highest BCUT2D eigenvalue weighted by molar-refractivity contribution is 7.85. The zero-order valence-corrected chi connectivity index (χ0v) is 9.02. The van der Waals surface area contributed by atoms with Crippen molar-refractivity contribution in [3.8, 4) is 0 Å². The smallest absolute Gasteiger partial charge is 0.0477 e. The van der Waals surface area contributed by atoms with Crippen molar-refractivity contribution in [1.29, 1.82) is 0 Å². The second-order valence-corrected chi connectivity index (χ2v) is 5.29. The lowest BCUT2D eigenvalue weighted by Gasteiger charge is -2.22. The zero-order chi connectivity index (χ0) is 9.68. The van der Waals surface area contributed by atoms with E-state index in [1.54, 1.807) is 0 Å². The lowest BCUT2D eigenvalue weighted by molar-refractivity contribution is 0.0992. The van der Waals surface area contributed by atoms with Crippen LogP contribution in [0.2, 0.25) is 0 Å². The van der Waals surface area contributed by atoms with Gasteiger partial charge in [-0.15, -0.1) is 0 Å². The third kappa shape index (κ3) is 3.75. The fourth-order valence-electron chi connectivity index (χ4n) is 1.40. The highest BCUT2D eigenvalue weighted by Gasteiger charge is 2.21. The van der Waals surface area contributed by atoms with Crippen LogP contribution in [0, 0.1) is 0 Å². The van der Waals surface area contributed by atoms with Gasteiger partial charge in [0.25, 0.3) is 0 Å².